The highest BCUT2D eigenvalue weighted by Gasteiger charge is 2.22. The van der Waals surface area contributed by atoms with Crippen molar-refractivity contribution in [1.29, 1.82) is 0 Å². The van der Waals surface area contributed by atoms with Crippen molar-refractivity contribution in [3.05, 3.63) is 53.1 Å². The number of hydrogen-bond donors (Lipinski definition) is 0. The number of carbonyl (C=O) groups is 1. The van der Waals surface area contributed by atoms with Gasteiger partial charge in [-0.15, -0.1) is 0 Å². The third-order valence-corrected chi connectivity index (χ3v) is 5.05. The zero-order valence-corrected chi connectivity index (χ0v) is 16.4. The first-order valence-corrected chi connectivity index (χ1v) is 9.55. The number of aryl methyl sites for hydroxylation is 2. The summed E-state index contributed by atoms with van der Waals surface area (Å²) in [5.74, 6) is 1.75. The topological polar surface area (TPSA) is 41.4 Å². The third-order valence-electron chi connectivity index (χ3n) is 5.05. The van der Waals surface area contributed by atoms with Crippen molar-refractivity contribution in [1.82, 2.24) is 19.4 Å². The minimum absolute atomic E-state index is 0.160. The molecule has 1 saturated heterocycles. The van der Waals surface area contributed by atoms with Gasteiger partial charge in [0.25, 0.3) is 5.91 Å². The summed E-state index contributed by atoms with van der Waals surface area (Å²) in [5, 5.41) is 0. The summed E-state index contributed by atoms with van der Waals surface area (Å²) >= 11 is 0. The number of rotatable bonds is 5. The van der Waals surface area contributed by atoms with E-state index in [1.54, 1.807) is 0 Å². The lowest BCUT2D eigenvalue weighted by atomic mass is 10.1. The van der Waals surface area contributed by atoms with Gasteiger partial charge < -0.3 is 9.47 Å². The molecule has 1 aliphatic heterocycles. The van der Waals surface area contributed by atoms with E-state index in [2.05, 4.69) is 40.6 Å². The van der Waals surface area contributed by atoms with Crippen molar-refractivity contribution in [2.75, 3.05) is 32.7 Å². The Morgan fingerprint density at radius 3 is 2.31 bits per heavy atom. The van der Waals surface area contributed by atoms with Crippen LogP contribution in [0.1, 0.15) is 47.1 Å². The lowest BCUT2D eigenvalue weighted by molar-refractivity contribution is 0.0632. The molecule has 3 rings (SSSR count). The van der Waals surface area contributed by atoms with Crippen molar-refractivity contribution < 1.29 is 4.79 Å². The van der Waals surface area contributed by atoms with E-state index < -0.39 is 0 Å². The van der Waals surface area contributed by atoms with Crippen LogP contribution in [0.25, 0.3) is 0 Å². The standard InChI is InChI=1S/C21H30N4O/c1-16(2)20-22-5-6-24(20)10-7-23-8-11-25(12-9-23)21(26)19-14-17(3)13-18(4)15-19/h5-6,13-16H,7-12H2,1-4H3. The van der Waals surface area contributed by atoms with Crippen molar-refractivity contribution in [2.24, 2.45) is 0 Å². The molecule has 0 N–H and O–H groups in total. The fraction of sp³-hybridized carbons (Fsp3) is 0.524. The molecule has 1 fully saturated rings. The van der Waals surface area contributed by atoms with E-state index in [0.29, 0.717) is 5.92 Å². The Balaban J connectivity index is 1.52. The van der Waals surface area contributed by atoms with Crippen LogP contribution in [0.2, 0.25) is 0 Å². The van der Waals surface area contributed by atoms with Crippen LogP contribution in [-0.2, 0) is 6.54 Å². The quantitative estimate of drug-likeness (QED) is 0.829. The lowest BCUT2D eigenvalue weighted by Gasteiger charge is -2.35. The fourth-order valence-corrected chi connectivity index (χ4v) is 3.71. The van der Waals surface area contributed by atoms with Crippen molar-refractivity contribution in [2.45, 2.75) is 40.2 Å². The van der Waals surface area contributed by atoms with Gasteiger partial charge >= 0.3 is 0 Å². The molecule has 0 saturated carbocycles. The number of aromatic nitrogens is 2. The molecule has 1 amide bonds. The summed E-state index contributed by atoms with van der Waals surface area (Å²) in [6.07, 6.45) is 3.95. The van der Waals surface area contributed by atoms with E-state index in [9.17, 15) is 4.79 Å². The summed E-state index contributed by atoms with van der Waals surface area (Å²) in [5.41, 5.74) is 3.11. The van der Waals surface area contributed by atoms with Crippen LogP contribution in [-0.4, -0.2) is 58.0 Å². The molecule has 5 nitrogen and oxygen atoms in total. The predicted molar refractivity (Wildman–Crippen MR) is 105 cm³/mol. The second-order valence-electron chi connectivity index (χ2n) is 7.64. The van der Waals surface area contributed by atoms with Crippen LogP contribution in [0, 0.1) is 13.8 Å². The summed E-state index contributed by atoms with van der Waals surface area (Å²) < 4.78 is 2.25. The van der Waals surface area contributed by atoms with E-state index in [4.69, 9.17) is 0 Å². The first kappa shape index (κ1) is 18.6. The number of imidazole rings is 1. The highest BCUT2D eigenvalue weighted by molar-refractivity contribution is 5.94. The summed E-state index contributed by atoms with van der Waals surface area (Å²) in [4.78, 5) is 21.7. The maximum Gasteiger partial charge on any atom is 0.253 e. The molecule has 0 radical (unpaired) electrons. The van der Waals surface area contributed by atoms with Gasteiger partial charge in [-0.1, -0.05) is 31.0 Å². The monoisotopic (exact) mass is 354 g/mol. The van der Waals surface area contributed by atoms with Gasteiger partial charge in [0.2, 0.25) is 0 Å². The molecule has 2 aromatic rings. The fourth-order valence-electron chi connectivity index (χ4n) is 3.71. The number of nitrogens with zero attached hydrogens (tertiary/aromatic N) is 4. The van der Waals surface area contributed by atoms with Crippen LogP contribution in [0.15, 0.2) is 30.6 Å². The van der Waals surface area contributed by atoms with Crippen LogP contribution < -0.4 is 0 Å². The molecule has 5 heteroatoms. The van der Waals surface area contributed by atoms with Crippen molar-refractivity contribution in [3.8, 4) is 0 Å². The molecule has 1 aromatic heterocycles. The Bertz CT molecular complexity index is 737. The lowest BCUT2D eigenvalue weighted by Crippen LogP contribution is -2.49. The Morgan fingerprint density at radius 2 is 1.69 bits per heavy atom. The molecule has 0 spiro atoms. The molecule has 0 atom stereocenters. The molecular weight excluding hydrogens is 324 g/mol. The van der Waals surface area contributed by atoms with E-state index in [1.807, 2.05) is 37.1 Å². The SMILES string of the molecule is Cc1cc(C)cc(C(=O)N2CCN(CCn3ccnc3C(C)C)CC2)c1. The average molecular weight is 354 g/mol. The van der Waals surface area contributed by atoms with Gasteiger partial charge in [0, 0.05) is 63.1 Å². The highest BCUT2D eigenvalue weighted by Crippen LogP contribution is 2.14. The minimum Gasteiger partial charge on any atom is -0.336 e. The molecule has 2 heterocycles. The zero-order valence-electron chi connectivity index (χ0n) is 16.4. The number of hydrogen-bond acceptors (Lipinski definition) is 3. The first-order chi connectivity index (χ1) is 12.4. The molecular formula is C21H30N4O. The molecule has 26 heavy (non-hydrogen) atoms. The Morgan fingerprint density at radius 1 is 1.04 bits per heavy atom. The largest absolute Gasteiger partial charge is 0.336 e. The minimum atomic E-state index is 0.160. The smallest absolute Gasteiger partial charge is 0.253 e. The van der Waals surface area contributed by atoms with Gasteiger partial charge in [0.1, 0.15) is 5.82 Å². The van der Waals surface area contributed by atoms with Gasteiger partial charge in [-0.2, -0.15) is 0 Å². The van der Waals surface area contributed by atoms with Crippen molar-refractivity contribution >= 4 is 5.91 Å². The third kappa shape index (κ3) is 4.33. The van der Waals surface area contributed by atoms with Gasteiger partial charge in [0.15, 0.2) is 0 Å². The van der Waals surface area contributed by atoms with Gasteiger partial charge in [-0.3, -0.25) is 9.69 Å². The second-order valence-corrected chi connectivity index (χ2v) is 7.64. The molecule has 1 aromatic carbocycles. The Kier molecular flexibility index (Phi) is 5.77. The zero-order chi connectivity index (χ0) is 18.7. The molecule has 0 bridgehead atoms. The van der Waals surface area contributed by atoms with E-state index in [1.165, 1.54) is 0 Å². The Hall–Kier alpha value is -2.14. The predicted octanol–water partition coefficient (Wildman–Crippen LogP) is 3.08. The second kappa shape index (κ2) is 8.04. The summed E-state index contributed by atoms with van der Waals surface area (Å²) in [6.45, 7) is 13.9. The van der Waals surface area contributed by atoms with E-state index >= 15 is 0 Å². The Labute approximate surface area is 156 Å². The average Bonchev–Trinajstić information content (AvgIpc) is 3.08. The number of piperazine rings is 1. The number of carbonyl (C=O) groups excluding carboxylic acids is 1. The summed E-state index contributed by atoms with van der Waals surface area (Å²) in [7, 11) is 0. The van der Waals surface area contributed by atoms with Crippen LogP contribution in [0.5, 0.6) is 0 Å². The molecule has 0 aliphatic carbocycles. The molecule has 1 aliphatic rings. The first-order valence-electron chi connectivity index (χ1n) is 9.55. The van der Waals surface area contributed by atoms with Crippen LogP contribution in [0.3, 0.4) is 0 Å². The number of benzene rings is 1. The molecule has 0 unspecified atom stereocenters. The van der Waals surface area contributed by atoms with Gasteiger partial charge in [0.05, 0.1) is 0 Å². The normalized spacial score (nSPS) is 15.7. The van der Waals surface area contributed by atoms with E-state index in [0.717, 1.165) is 61.8 Å². The van der Waals surface area contributed by atoms with Crippen LogP contribution >= 0.6 is 0 Å². The molecule has 140 valence electrons. The van der Waals surface area contributed by atoms with Gasteiger partial charge in [-0.05, 0) is 26.0 Å². The van der Waals surface area contributed by atoms with Crippen LogP contribution in [0.4, 0.5) is 0 Å². The number of amides is 1. The maximum atomic E-state index is 12.8. The summed E-state index contributed by atoms with van der Waals surface area (Å²) in [6, 6.07) is 6.10. The van der Waals surface area contributed by atoms with Crippen molar-refractivity contribution in [3.63, 3.8) is 0 Å². The maximum absolute atomic E-state index is 12.8. The van der Waals surface area contributed by atoms with E-state index in [-0.39, 0.29) is 5.91 Å². The highest BCUT2D eigenvalue weighted by atomic mass is 16.2. The van der Waals surface area contributed by atoms with Gasteiger partial charge in [-0.25, -0.2) is 4.98 Å².